The van der Waals surface area contributed by atoms with Crippen molar-refractivity contribution in [2.24, 2.45) is 0 Å². The number of amides is 1. The summed E-state index contributed by atoms with van der Waals surface area (Å²) < 4.78 is 11.5. The molecule has 1 amide bonds. The van der Waals surface area contributed by atoms with Crippen molar-refractivity contribution in [1.82, 2.24) is 5.32 Å². The van der Waals surface area contributed by atoms with Crippen molar-refractivity contribution in [3.05, 3.63) is 82.6 Å². The van der Waals surface area contributed by atoms with E-state index < -0.39 is 0 Å². The smallest absolute Gasteiger partial charge is 0.255 e. The zero-order chi connectivity index (χ0) is 19.2. The Hall–Kier alpha value is -2.63. The van der Waals surface area contributed by atoms with Gasteiger partial charge in [0.15, 0.2) is 0 Å². The third kappa shape index (κ3) is 4.11. The minimum Gasteiger partial charge on any atom is -0.457 e. The molecule has 1 aliphatic heterocycles. The van der Waals surface area contributed by atoms with E-state index in [2.05, 4.69) is 22.8 Å². The van der Waals surface area contributed by atoms with Crippen molar-refractivity contribution in [1.29, 1.82) is 0 Å². The summed E-state index contributed by atoms with van der Waals surface area (Å²) in [6.45, 7) is 2.04. The molecule has 5 heteroatoms. The molecule has 4 rings (SSSR count). The van der Waals surface area contributed by atoms with Gasteiger partial charge in [-0.3, -0.25) is 4.79 Å². The predicted octanol–water partition coefficient (Wildman–Crippen LogP) is 5.02. The molecule has 0 aliphatic carbocycles. The molecule has 0 atom stereocenters. The average Bonchev–Trinajstić information content (AvgIpc) is 3.30. The van der Waals surface area contributed by atoms with E-state index in [4.69, 9.17) is 9.47 Å². The molecule has 144 valence electrons. The first-order valence-electron chi connectivity index (χ1n) is 9.49. The van der Waals surface area contributed by atoms with Crippen LogP contribution in [-0.2, 0) is 10.2 Å². The quantitative estimate of drug-likeness (QED) is 0.640. The van der Waals surface area contributed by atoms with E-state index in [0.717, 1.165) is 26.1 Å². The van der Waals surface area contributed by atoms with Crippen molar-refractivity contribution >= 4 is 17.2 Å². The van der Waals surface area contributed by atoms with E-state index in [1.165, 1.54) is 4.88 Å². The van der Waals surface area contributed by atoms with Crippen LogP contribution in [0, 0.1) is 0 Å². The van der Waals surface area contributed by atoms with Gasteiger partial charge < -0.3 is 14.8 Å². The summed E-state index contributed by atoms with van der Waals surface area (Å²) in [6.07, 6.45) is 1.83. The van der Waals surface area contributed by atoms with Gasteiger partial charge >= 0.3 is 0 Å². The number of hydrogen-bond acceptors (Lipinski definition) is 4. The van der Waals surface area contributed by atoms with Crippen molar-refractivity contribution in [3.63, 3.8) is 0 Å². The third-order valence-corrected chi connectivity index (χ3v) is 6.30. The second-order valence-electron chi connectivity index (χ2n) is 6.96. The van der Waals surface area contributed by atoms with Gasteiger partial charge in [-0.05, 0) is 48.6 Å². The van der Waals surface area contributed by atoms with Gasteiger partial charge in [0.25, 0.3) is 5.91 Å². The molecule has 2 aromatic carbocycles. The Morgan fingerprint density at radius 1 is 1.00 bits per heavy atom. The van der Waals surface area contributed by atoms with E-state index >= 15 is 0 Å². The van der Waals surface area contributed by atoms with Crippen LogP contribution in [0.15, 0.2) is 72.1 Å². The normalized spacial score (nSPS) is 15.7. The first kappa shape index (κ1) is 18.7. The second kappa shape index (κ2) is 8.59. The number of carbonyl (C=O) groups is 1. The van der Waals surface area contributed by atoms with Crippen molar-refractivity contribution in [3.8, 4) is 11.5 Å². The van der Waals surface area contributed by atoms with Crippen LogP contribution in [0.4, 0.5) is 0 Å². The van der Waals surface area contributed by atoms with Gasteiger partial charge in [0.1, 0.15) is 11.5 Å². The largest absolute Gasteiger partial charge is 0.457 e. The maximum atomic E-state index is 13.0. The molecule has 3 aromatic rings. The molecule has 2 heterocycles. The Balaban J connectivity index is 1.51. The van der Waals surface area contributed by atoms with Gasteiger partial charge in [-0.1, -0.05) is 36.4 Å². The number of thiophene rings is 1. The Bertz CT molecular complexity index is 903. The summed E-state index contributed by atoms with van der Waals surface area (Å²) in [5.74, 6) is 1.15. The fraction of sp³-hybridized carbons (Fsp3) is 0.261. The van der Waals surface area contributed by atoms with Crippen LogP contribution in [0.2, 0.25) is 0 Å². The van der Waals surface area contributed by atoms with Gasteiger partial charge in [0, 0.05) is 30.1 Å². The van der Waals surface area contributed by atoms with Crippen LogP contribution in [0.25, 0.3) is 0 Å². The van der Waals surface area contributed by atoms with Crippen molar-refractivity contribution < 1.29 is 14.3 Å². The van der Waals surface area contributed by atoms with E-state index in [1.807, 2.05) is 48.5 Å². The Morgan fingerprint density at radius 3 is 2.50 bits per heavy atom. The highest BCUT2D eigenvalue weighted by molar-refractivity contribution is 7.10. The zero-order valence-corrected chi connectivity index (χ0v) is 16.4. The summed E-state index contributed by atoms with van der Waals surface area (Å²) in [5.41, 5.74) is 0.483. The monoisotopic (exact) mass is 393 g/mol. The molecule has 1 aliphatic rings. The number of benzene rings is 2. The molecule has 28 heavy (non-hydrogen) atoms. The molecule has 0 radical (unpaired) electrons. The summed E-state index contributed by atoms with van der Waals surface area (Å²) in [5, 5.41) is 5.25. The van der Waals surface area contributed by atoms with Gasteiger partial charge in [-0.25, -0.2) is 0 Å². The third-order valence-electron chi connectivity index (χ3n) is 5.18. The van der Waals surface area contributed by atoms with Crippen LogP contribution in [-0.4, -0.2) is 25.7 Å². The molecular weight excluding hydrogens is 370 g/mol. The van der Waals surface area contributed by atoms with Crippen LogP contribution >= 0.6 is 11.3 Å². The molecule has 4 nitrogen and oxygen atoms in total. The van der Waals surface area contributed by atoms with E-state index in [0.29, 0.717) is 23.6 Å². The number of carbonyl (C=O) groups excluding carboxylic acids is 1. The lowest BCUT2D eigenvalue weighted by atomic mass is 9.78. The number of nitrogens with one attached hydrogen (secondary N) is 1. The summed E-state index contributed by atoms with van der Waals surface area (Å²) in [7, 11) is 0. The maximum absolute atomic E-state index is 13.0. The highest BCUT2D eigenvalue weighted by Gasteiger charge is 2.36. The summed E-state index contributed by atoms with van der Waals surface area (Å²) in [4.78, 5) is 14.3. The van der Waals surface area contributed by atoms with Gasteiger partial charge in [0.05, 0.1) is 5.56 Å². The van der Waals surface area contributed by atoms with E-state index in [1.54, 1.807) is 17.4 Å². The van der Waals surface area contributed by atoms with E-state index in [9.17, 15) is 4.79 Å². The number of ether oxygens (including phenoxy) is 2. The topological polar surface area (TPSA) is 47.6 Å². The minimum absolute atomic E-state index is 0.0582. The van der Waals surface area contributed by atoms with Crippen molar-refractivity contribution in [2.45, 2.75) is 18.3 Å². The first-order chi connectivity index (χ1) is 13.8. The SMILES string of the molecule is O=C(NCC1(c2cccs2)CCOCC1)c1ccccc1Oc1ccccc1. The molecule has 1 aromatic heterocycles. The Labute approximate surface area is 169 Å². The molecule has 1 N–H and O–H groups in total. The number of hydrogen-bond donors (Lipinski definition) is 1. The molecule has 0 bridgehead atoms. The Morgan fingerprint density at radius 2 is 1.75 bits per heavy atom. The zero-order valence-electron chi connectivity index (χ0n) is 15.6. The van der Waals surface area contributed by atoms with Gasteiger partial charge in [-0.15, -0.1) is 11.3 Å². The highest BCUT2D eigenvalue weighted by atomic mass is 32.1. The van der Waals surface area contributed by atoms with Crippen LogP contribution in [0.1, 0.15) is 28.1 Å². The summed E-state index contributed by atoms with van der Waals surface area (Å²) >= 11 is 1.75. The van der Waals surface area contributed by atoms with Crippen LogP contribution in [0.5, 0.6) is 11.5 Å². The molecule has 1 saturated heterocycles. The lowest BCUT2D eigenvalue weighted by molar-refractivity contribution is 0.0498. The van der Waals surface area contributed by atoms with Gasteiger partial charge in [0.2, 0.25) is 0 Å². The fourth-order valence-electron chi connectivity index (χ4n) is 3.56. The second-order valence-corrected chi connectivity index (χ2v) is 7.91. The highest BCUT2D eigenvalue weighted by Crippen LogP contribution is 2.37. The number of para-hydroxylation sites is 2. The molecule has 1 fully saturated rings. The van der Waals surface area contributed by atoms with Crippen LogP contribution < -0.4 is 10.1 Å². The molecule has 0 spiro atoms. The standard InChI is InChI=1S/C23H23NO3S/c25-22(19-9-4-5-10-20(19)27-18-7-2-1-3-8-18)24-17-23(12-14-26-15-13-23)21-11-6-16-28-21/h1-11,16H,12-15,17H2,(H,24,25). The molecule has 0 unspecified atom stereocenters. The lowest BCUT2D eigenvalue weighted by Crippen LogP contribution is -2.44. The molecule has 0 saturated carbocycles. The number of rotatable bonds is 6. The van der Waals surface area contributed by atoms with Gasteiger partial charge in [-0.2, -0.15) is 0 Å². The van der Waals surface area contributed by atoms with Crippen molar-refractivity contribution in [2.75, 3.05) is 19.8 Å². The predicted molar refractivity (Wildman–Crippen MR) is 111 cm³/mol. The molecular formula is C23H23NO3S. The average molecular weight is 394 g/mol. The van der Waals surface area contributed by atoms with Crippen LogP contribution in [0.3, 0.4) is 0 Å². The fourth-order valence-corrected chi connectivity index (χ4v) is 4.54. The first-order valence-corrected chi connectivity index (χ1v) is 10.4. The lowest BCUT2D eigenvalue weighted by Gasteiger charge is -2.36. The minimum atomic E-state index is -0.117. The Kier molecular flexibility index (Phi) is 5.74. The summed E-state index contributed by atoms with van der Waals surface area (Å²) in [6, 6.07) is 21.1. The maximum Gasteiger partial charge on any atom is 0.255 e. The van der Waals surface area contributed by atoms with E-state index in [-0.39, 0.29) is 11.3 Å².